The molecule has 1 aliphatic rings. The number of methoxy groups -OCH3 is 3. The molecule has 0 aliphatic carbocycles. The summed E-state index contributed by atoms with van der Waals surface area (Å²) in [5, 5.41) is 3.16. The molecule has 7 heteroatoms. The third kappa shape index (κ3) is 4.08. The summed E-state index contributed by atoms with van der Waals surface area (Å²) in [5.74, 6) is 0.857. The van der Waals surface area contributed by atoms with Gasteiger partial charge in [-0.05, 0) is 66.9 Å². The maximum absolute atomic E-state index is 13.6. The molecule has 1 N–H and O–H groups in total. The summed E-state index contributed by atoms with van der Waals surface area (Å²) >= 11 is 0. The number of amides is 2. The van der Waals surface area contributed by atoms with Crippen molar-refractivity contribution in [3.05, 3.63) is 83.1 Å². The highest BCUT2D eigenvalue weighted by Crippen LogP contribution is 2.37. The molecule has 3 aromatic rings. The highest BCUT2D eigenvalue weighted by molar-refractivity contribution is 6.46. The molecule has 34 heavy (non-hydrogen) atoms. The predicted octanol–water partition coefficient (Wildman–Crippen LogP) is 4.73. The van der Waals surface area contributed by atoms with E-state index in [-0.39, 0.29) is 5.70 Å². The average Bonchev–Trinajstić information content (AvgIpc) is 3.10. The lowest BCUT2D eigenvalue weighted by Crippen LogP contribution is -2.32. The van der Waals surface area contributed by atoms with Crippen LogP contribution in [-0.2, 0) is 9.59 Å². The first kappa shape index (κ1) is 22.9. The lowest BCUT2D eigenvalue weighted by atomic mass is 9.99. The summed E-state index contributed by atoms with van der Waals surface area (Å²) in [6.07, 6.45) is 0. The number of anilines is 2. The molecule has 0 unspecified atom stereocenters. The topological polar surface area (TPSA) is 77.1 Å². The van der Waals surface area contributed by atoms with Crippen molar-refractivity contribution >= 4 is 28.8 Å². The summed E-state index contributed by atoms with van der Waals surface area (Å²) in [6.45, 7) is 3.97. The van der Waals surface area contributed by atoms with Gasteiger partial charge in [-0.1, -0.05) is 18.2 Å². The van der Waals surface area contributed by atoms with Crippen molar-refractivity contribution in [2.75, 3.05) is 31.5 Å². The lowest BCUT2D eigenvalue weighted by Gasteiger charge is -2.16. The summed E-state index contributed by atoms with van der Waals surface area (Å²) in [7, 11) is 4.66. The van der Waals surface area contributed by atoms with Crippen LogP contribution in [0.3, 0.4) is 0 Å². The fraction of sp³-hybridized carbons (Fsp3) is 0.185. The molecule has 174 valence electrons. The lowest BCUT2D eigenvalue weighted by molar-refractivity contribution is -0.120. The molecule has 1 aliphatic heterocycles. The Labute approximate surface area is 198 Å². The summed E-state index contributed by atoms with van der Waals surface area (Å²) in [5.41, 5.74) is 4.24. The second-order valence-corrected chi connectivity index (χ2v) is 7.88. The number of rotatable bonds is 7. The van der Waals surface area contributed by atoms with Gasteiger partial charge in [0.05, 0.1) is 38.3 Å². The summed E-state index contributed by atoms with van der Waals surface area (Å²) in [4.78, 5) is 28.4. The van der Waals surface area contributed by atoms with Gasteiger partial charge in [0.15, 0.2) is 0 Å². The molecule has 1 heterocycles. The minimum Gasteiger partial charge on any atom is -0.497 e. The molecule has 0 saturated heterocycles. The standard InChI is InChI=1S/C27H26N2O5/c1-16-6-7-18(14-17(16)2)24-25(28-22-13-12-21(33-4)15-23(22)34-5)27(31)29(26(24)30)19-8-10-20(32-3)11-9-19/h6-15,28H,1-5H3. The van der Waals surface area contributed by atoms with Crippen molar-refractivity contribution in [2.24, 2.45) is 0 Å². The molecule has 0 aromatic heterocycles. The molecule has 0 radical (unpaired) electrons. The van der Waals surface area contributed by atoms with Crippen LogP contribution in [0.2, 0.25) is 0 Å². The second kappa shape index (κ2) is 9.31. The van der Waals surface area contributed by atoms with Crippen molar-refractivity contribution in [3.63, 3.8) is 0 Å². The number of hydrogen-bond acceptors (Lipinski definition) is 6. The normalized spacial score (nSPS) is 13.4. The molecule has 0 atom stereocenters. The van der Waals surface area contributed by atoms with E-state index < -0.39 is 11.8 Å². The molecule has 0 fully saturated rings. The Morgan fingerprint density at radius 3 is 2.00 bits per heavy atom. The average molecular weight is 459 g/mol. The van der Waals surface area contributed by atoms with Crippen molar-refractivity contribution < 1.29 is 23.8 Å². The second-order valence-electron chi connectivity index (χ2n) is 7.88. The van der Waals surface area contributed by atoms with E-state index in [2.05, 4.69) is 5.32 Å². The third-order valence-corrected chi connectivity index (χ3v) is 5.88. The fourth-order valence-corrected chi connectivity index (χ4v) is 3.81. The number of aryl methyl sites for hydroxylation is 2. The maximum Gasteiger partial charge on any atom is 0.282 e. The van der Waals surface area contributed by atoms with E-state index in [1.54, 1.807) is 56.7 Å². The number of imide groups is 1. The van der Waals surface area contributed by atoms with Gasteiger partial charge < -0.3 is 19.5 Å². The number of benzene rings is 3. The van der Waals surface area contributed by atoms with E-state index in [0.717, 1.165) is 11.1 Å². The van der Waals surface area contributed by atoms with Gasteiger partial charge >= 0.3 is 0 Å². The Morgan fingerprint density at radius 2 is 1.38 bits per heavy atom. The molecule has 0 spiro atoms. The smallest absolute Gasteiger partial charge is 0.282 e. The number of hydrogen-bond donors (Lipinski definition) is 1. The van der Waals surface area contributed by atoms with E-state index in [0.29, 0.717) is 39.8 Å². The monoisotopic (exact) mass is 458 g/mol. The number of nitrogens with one attached hydrogen (secondary N) is 1. The van der Waals surface area contributed by atoms with Crippen LogP contribution < -0.4 is 24.4 Å². The first-order chi connectivity index (χ1) is 16.4. The zero-order chi connectivity index (χ0) is 24.4. The van der Waals surface area contributed by atoms with E-state index in [9.17, 15) is 9.59 Å². The van der Waals surface area contributed by atoms with E-state index in [1.165, 1.54) is 12.0 Å². The van der Waals surface area contributed by atoms with Crippen molar-refractivity contribution in [2.45, 2.75) is 13.8 Å². The minimum atomic E-state index is -0.457. The van der Waals surface area contributed by atoms with Gasteiger partial charge in [-0.15, -0.1) is 0 Å². The minimum absolute atomic E-state index is 0.174. The number of carbonyl (C=O) groups is 2. The van der Waals surface area contributed by atoms with Crippen molar-refractivity contribution in [3.8, 4) is 17.2 Å². The summed E-state index contributed by atoms with van der Waals surface area (Å²) in [6, 6.07) is 17.7. The Hall–Kier alpha value is -4.26. The van der Waals surface area contributed by atoms with Gasteiger partial charge in [0.2, 0.25) is 0 Å². The molecule has 0 bridgehead atoms. The Balaban J connectivity index is 1.83. The number of carbonyl (C=O) groups excluding carboxylic acids is 2. The van der Waals surface area contributed by atoms with E-state index in [4.69, 9.17) is 14.2 Å². The Morgan fingerprint density at radius 1 is 0.706 bits per heavy atom. The molecule has 3 aromatic carbocycles. The molecular weight excluding hydrogens is 432 g/mol. The maximum atomic E-state index is 13.6. The third-order valence-electron chi connectivity index (χ3n) is 5.88. The van der Waals surface area contributed by atoms with Crippen LogP contribution in [0.4, 0.5) is 11.4 Å². The Bertz CT molecular complexity index is 1290. The van der Waals surface area contributed by atoms with Crippen LogP contribution in [0.5, 0.6) is 17.2 Å². The van der Waals surface area contributed by atoms with Crippen LogP contribution in [0.15, 0.2) is 66.4 Å². The SMILES string of the molecule is COc1ccc(N2C(=O)C(Nc3ccc(OC)cc3OC)=C(c3ccc(C)c(C)c3)C2=O)cc1. The predicted molar refractivity (Wildman–Crippen MR) is 131 cm³/mol. The van der Waals surface area contributed by atoms with Gasteiger partial charge in [-0.2, -0.15) is 0 Å². The molecule has 0 saturated carbocycles. The fourth-order valence-electron chi connectivity index (χ4n) is 3.81. The molecule has 7 nitrogen and oxygen atoms in total. The quantitative estimate of drug-likeness (QED) is 0.516. The zero-order valence-corrected chi connectivity index (χ0v) is 19.8. The van der Waals surface area contributed by atoms with Crippen LogP contribution >= 0.6 is 0 Å². The first-order valence-electron chi connectivity index (χ1n) is 10.7. The van der Waals surface area contributed by atoms with E-state index >= 15 is 0 Å². The van der Waals surface area contributed by atoms with Crippen LogP contribution in [0.1, 0.15) is 16.7 Å². The molecular formula is C27H26N2O5. The largest absolute Gasteiger partial charge is 0.497 e. The molecule has 4 rings (SSSR count). The van der Waals surface area contributed by atoms with Gasteiger partial charge in [-0.25, -0.2) is 4.90 Å². The number of nitrogens with zero attached hydrogens (tertiary/aromatic N) is 1. The highest BCUT2D eigenvalue weighted by atomic mass is 16.5. The van der Waals surface area contributed by atoms with Gasteiger partial charge in [0.25, 0.3) is 11.8 Å². The van der Waals surface area contributed by atoms with E-state index in [1.807, 2.05) is 32.0 Å². The highest BCUT2D eigenvalue weighted by Gasteiger charge is 2.40. The summed E-state index contributed by atoms with van der Waals surface area (Å²) < 4.78 is 16.0. The van der Waals surface area contributed by atoms with Gasteiger partial charge in [-0.3, -0.25) is 9.59 Å². The van der Waals surface area contributed by atoms with Crippen LogP contribution in [0.25, 0.3) is 5.57 Å². The van der Waals surface area contributed by atoms with Crippen LogP contribution in [-0.4, -0.2) is 33.1 Å². The van der Waals surface area contributed by atoms with Gasteiger partial charge in [0.1, 0.15) is 22.9 Å². The van der Waals surface area contributed by atoms with Crippen LogP contribution in [0, 0.1) is 13.8 Å². The zero-order valence-electron chi connectivity index (χ0n) is 19.8. The van der Waals surface area contributed by atoms with Crippen molar-refractivity contribution in [1.29, 1.82) is 0 Å². The number of ether oxygens (including phenoxy) is 3. The Kier molecular flexibility index (Phi) is 6.27. The van der Waals surface area contributed by atoms with Gasteiger partial charge in [0, 0.05) is 6.07 Å². The first-order valence-corrected chi connectivity index (χ1v) is 10.7. The van der Waals surface area contributed by atoms with Crippen molar-refractivity contribution in [1.82, 2.24) is 0 Å². The molecule has 2 amide bonds.